The number of rotatable bonds is 19. The van der Waals surface area contributed by atoms with Crippen molar-refractivity contribution in [1.29, 1.82) is 0 Å². The highest BCUT2D eigenvalue weighted by atomic mass is 16.6. The summed E-state index contributed by atoms with van der Waals surface area (Å²) in [5, 5.41) is 11.1. The molecule has 1 rings (SSSR count). The van der Waals surface area contributed by atoms with Gasteiger partial charge in [0.05, 0.1) is 78.3 Å². The number of aryl methyl sites for hydroxylation is 1. The summed E-state index contributed by atoms with van der Waals surface area (Å²) in [4.78, 5) is 0. The predicted molar refractivity (Wildman–Crippen MR) is 109 cm³/mol. The van der Waals surface area contributed by atoms with Gasteiger partial charge in [0, 0.05) is 12.7 Å². The van der Waals surface area contributed by atoms with Crippen LogP contribution in [0.5, 0.6) is 0 Å². The van der Waals surface area contributed by atoms with Crippen LogP contribution in [-0.4, -0.2) is 94.7 Å². The molecule has 0 saturated carbocycles. The Balaban J connectivity index is 0.00000352. The largest absolute Gasteiger partial charge is 0.378 e. The highest BCUT2D eigenvalue weighted by Crippen LogP contribution is 1.93. The Morgan fingerprint density at radius 3 is 1.68 bits per heavy atom. The van der Waals surface area contributed by atoms with Crippen molar-refractivity contribution in [3.05, 3.63) is 11.9 Å². The average molecular weight is 405 g/mol. The van der Waals surface area contributed by atoms with Gasteiger partial charge in [-0.1, -0.05) is 26.0 Å². The molecule has 0 aliphatic carbocycles. The van der Waals surface area contributed by atoms with E-state index in [0.29, 0.717) is 72.6 Å². The van der Waals surface area contributed by atoms with Gasteiger partial charge in [-0.2, -0.15) is 0 Å². The van der Waals surface area contributed by atoms with E-state index in [-0.39, 0.29) is 0 Å². The van der Waals surface area contributed by atoms with Crippen molar-refractivity contribution in [3.63, 3.8) is 0 Å². The lowest BCUT2D eigenvalue weighted by molar-refractivity contribution is -0.0113. The summed E-state index contributed by atoms with van der Waals surface area (Å²) in [6.07, 6.45) is 2.84. The third-order valence-electron chi connectivity index (χ3n) is 3.40. The molecule has 1 N–H and O–H groups in total. The SMILES string of the molecule is CC.CCc1cn(CCOCCOCCOCCOCCOCCNC)nn1. The maximum atomic E-state index is 5.50. The first-order valence-electron chi connectivity index (χ1n) is 10.3. The Morgan fingerprint density at radius 1 is 0.786 bits per heavy atom. The Bertz CT molecular complexity index is 421. The Labute approximate surface area is 170 Å². The second-order valence-corrected chi connectivity index (χ2v) is 5.49. The average Bonchev–Trinajstić information content (AvgIpc) is 3.20. The van der Waals surface area contributed by atoms with Gasteiger partial charge < -0.3 is 29.0 Å². The van der Waals surface area contributed by atoms with Crippen LogP contribution in [0.4, 0.5) is 0 Å². The second-order valence-electron chi connectivity index (χ2n) is 5.49. The molecular formula is C19H40N4O5. The standard InChI is InChI=1S/C17H34N4O5.C2H6/c1-3-17-16-21(20-19-17)5-7-23-9-11-25-13-15-26-14-12-24-10-8-22-6-4-18-2;1-2/h16,18H,3-15H2,1-2H3;1-2H3. The summed E-state index contributed by atoms with van der Waals surface area (Å²) >= 11 is 0. The van der Waals surface area contributed by atoms with Gasteiger partial charge >= 0.3 is 0 Å². The van der Waals surface area contributed by atoms with Gasteiger partial charge in [0.1, 0.15) is 0 Å². The molecule has 0 saturated heterocycles. The van der Waals surface area contributed by atoms with Crippen molar-refractivity contribution in [3.8, 4) is 0 Å². The smallest absolute Gasteiger partial charge is 0.0824 e. The summed E-state index contributed by atoms with van der Waals surface area (Å²) in [5.41, 5.74) is 0.997. The lowest BCUT2D eigenvalue weighted by atomic mass is 10.4. The number of hydrogen-bond donors (Lipinski definition) is 1. The summed E-state index contributed by atoms with van der Waals surface area (Å²) in [7, 11) is 1.90. The van der Waals surface area contributed by atoms with Crippen molar-refractivity contribution in [1.82, 2.24) is 20.3 Å². The predicted octanol–water partition coefficient (Wildman–Crippen LogP) is 1.17. The fourth-order valence-electron chi connectivity index (χ4n) is 1.92. The number of aromatic nitrogens is 3. The highest BCUT2D eigenvalue weighted by Gasteiger charge is 1.98. The molecule has 0 bridgehead atoms. The first-order valence-corrected chi connectivity index (χ1v) is 10.3. The molecule has 166 valence electrons. The summed E-state index contributed by atoms with van der Waals surface area (Å²) in [6.45, 7) is 13.5. The van der Waals surface area contributed by atoms with E-state index in [9.17, 15) is 0 Å². The normalized spacial score (nSPS) is 10.7. The van der Waals surface area contributed by atoms with E-state index in [1.165, 1.54) is 0 Å². The van der Waals surface area contributed by atoms with Crippen LogP contribution in [0.2, 0.25) is 0 Å². The van der Waals surface area contributed by atoms with Gasteiger partial charge in [0.2, 0.25) is 0 Å². The molecule has 0 atom stereocenters. The minimum atomic E-state index is 0.555. The fraction of sp³-hybridized carbons (Fsp3) is 0.895. The summed E-state index contributed by atoms with van der Waals surface area (Å²) < 4.78 is 28.9. The van der Waals surface area contributed by atoms with E-state index in [1.54, 1.807) is 4.68 Å². The molecule has 9 nitrogen and oxygen atoms in total. The van der Waals surface area contributed by atoms with Gasteiger partial charge in [-0.25, -0.2) is 4.68 Å². The van der Waals surface area contributed by atoms with Gasteiger partial charge in [-0.05, 0) is 13.5 Å². The first kappa shape index (κ1) is 26.9. The zero-order valence-electron chi connectivity index (χ0n) is 18.2. The van der Waals surface area contributed by atoms with E-state index in [0.717, 1.165) is 18.7 Å². The quantitative estimate of drug-likeness (QED) is 0.344. The molecule has 1 aromatic heterocycles. The maximum absolute atomic E-state index is 5.50. The molecule has 1 heterocycles. The van der Waals surface area contributed by atoms with E-state index in [1.807, 2.05) is 27.1 Å². The fourth-order valence-corrected chi connectivity index (χ4v) is 1.92. The maximum Gasteiger partial charge on any atom is 0.0824 e. The van der Waals surface area contributed by atoms with E-state index in [2.05, 4.69) is 22.6 Å². The molecule has 9 heteroatoms. The molecule has 0 aromatic carbocycles. The van der Waals surface area contributed by atoms with Crippen molar-refractivity contribution in [2.75, 3.05) is 79.7 Å². The van der Waals surface area contributed by atoms with Crippen molar-refractivity contribution >= 4 is 0 Å². The monoisotopic (exact) mass is 404 g/mol. The lowest BCUT2D eigenvalue weighted by Crippen LogP contribution is -2.17. The summed E-state index contributed by atoms with van der Waals surface area (Å²) in [6, 6.07) is 0. The molecule has 0 spiro atoms. The van der Waals surface area contributed by atoms with Crippen LogP contribution in [0.25, 0.3) is 0 Å². The van der Waals surface area contributed by atoms with E-state index in [4.69, 9.17) is 23.7 Å². The number of hydrogen-bond acceptors (Lipinski definition) is 8. The third-order valence-corrected chi connectivity index (χ3v) is 3.40. The Hall–Kier alpha value is -1.10. The van der Waals surface area contributed by atoms with Gasteiger partial charge in [0.25, 0.3) is 0 Å². The third kappa shape index (κ3) is 17.0. The minimum absolute atomic E-state index is 0.555. The Kier molecular flexibility index (Phi) is 21.3. The second kappa shape index (κ2) is 22.2. The Morgan fingerprint density at radius 2 is 1.25 bits per heavy atom. The van der Waals surface area contributed by atoms with Crippen molar-refractivity contribution in [2.45, 2.75) is 33.7 Å². The van der Waals surface area contributed by atoms with Crippen LogP contribution in [0, 0.1) is 0 Å². The van der Waals surface area contributed by atoms with Gasteiger partial charge in [-0.15, -0.1) is 5.10 Å². The molecule has 0 aliphatic heterocycles. The number of ether oxygens (including phenoxy) is 5. The number of nitrogens with one attached hydrogen (secondary N) is 1. The van der Waals surface area contributed by atoms with Crippen LogP contribution in [0.3, 0.4) is 0 Å². The molecule has 0 radical (unpaired) electrons. The van der Waals surface area contributed by atoms with Crippen LogP contribution in [0.1, 0.15) is 26.5 Å². The van der Waals surface area contributed by atoms with Crippen LogP contribution < -0.4 is 5.32 Å². The molecule has 1 aromatic rings. The zero-order valence-corrected chi connectivity index (χ0v) is 18.2. The van der Waals surface area contributed by atoms with Gasteiger partial charge in [0.15, 0.2) is 0 Å². The first-order chi connectivity index (χ1) is 13.9. The van der Waals surface area contributed by atoms with Crippen LogP contribution >= 0.6 is 0 Å². The minimum Gasteiger partial charge on any atom is -0.378 e. The summed E-state index contributed by atoms with van der Waals surface area (Å²) in [5.74, 6) is 0. The molecule has 0 unspecified atom stereocenters. The van der Waals surface area contributed by atoms with Gasteiger partial charge in [-0.3, -0.25) is 0 Å². The van der Waals surface area contributed by atoms with Crippen molar-refractivity contribution < 1.29 is 23.7 Å². The molecule has 0 aliphatic rings. The van der Waals surface area contributed by atoms with Crippen LogP contribution in [-0.2, 0) is 36.6 Å². The molecular weight excluding hydrogens is 364 g/mol. The van der Waals surface area contributed by atoms with Crippen molar-refractivity contribution in [2.24, 2.45) is 0 Å². The zero-order chi connectivity index (χ0) is 20.7. The molecule has 0 fully saturated rings. The number of nitrogens with zero attached hydrogens (tertiary/aromatic N) is 3. The highest BCUT2D eigenvalue weighted by molar-refractivity contribution is 4.90. The molecule has 0 amide bonds. The van der Waals surface area contributed by atoms with E-state index < -0.39 is 0 Å². The lowest BCUT2D eigenvalue weighted by Gasteiger charge is -2.08. The van der Waals surface area contributed by atoms with E-state index >= 15 is 0 Å². The number of likely N-dealkylation sites (N-methyl/N-ethyl adjacent to an activating group) is 1. The molecule has 28 heavy (non-hydrogen) atoms. The van der Waals surface area contributed by atoms with Crippen LogP contribution in [0.15, 0.2) is 6.20 Å². The topological polar surface area (TPSA) is 88.9 Å².